The lowest BCUT2D eigenvalue weighted by Gasteiger charge is -2.34. The zero-order valence-corrected chi connectivity index (χ0v) is 14.1. The van der Waals surface area contributed by atoms with Crippen LogP contribution < -0.4 is 19.9 Å². The normalized spacial score (nSPS) is 15.3. The Morgan fingerprint density at radius 1 is 1.09 bits per heavy atom. The van der Waals surface area contributed by atoms with Crippen molar-refractivity contribution in [3.8, 4) is 28.7 Å². The fraction of sp³-hybridized carbons (Fsp3) is 0.467. The molecule has 1 saturated carbocycles. The van der Waals surface area contributed by atoms with E-state index in [1.165, 1.54) is 0 Å². The molecule has 1 aromatic heterocycles. The average molecular weight is 342 g/mol. The molecule has 2 aromatic rings. The van der Waals surface area contributed by atoms with E-state index in [-0.39, 0.29) is 12.4 Å². The van der Waals surface area contributed by atoms with Crippen LogP contribution in [0.5, 0.6) is 17.2 Å². The van der Waals surface area contributed by atoms with Gasteiger partial charge in [-0.15, -0.1) is 12.4 Å². The molecular weight excluding hydrogens is 322 g/mol. The lowest BCUT2D eigenvalue weighted by atomic mass is 9.77. The van der Waals surface area contributed by atoms with Crippen LogP contribution in [-0.4, -0.2) is 31.5 Å². The molecule has 1 aliphatic carbocycles. The van der Waals surface area contributed by atoms with Crippen LogP contribution in [0.4, 0.5) is 0 Å². The van der Waals surface area contributed by atoms with Crippen molar-refractivity contribution in [2.75, 3.05) is 21.3 Å². The van der Waals surface area contributed by atoms with Crippen molar-refractivity contribution in [1.29, 1.82) is 0 Å². The number of hydrogen-bond acceptors (Lipinski definition) is 7. The SMILES string of the molecule is COc1ccc(-c2nc(C3(N)CCC3)no2)c(OC)c1OC.Cl. The molecule has 3 rings (SSSR count). The van der Waals surface area contributed by atoms with Crippen LogP contribution in [0, 0.1) is 0 Å². The summed E-state index contributed by atoms with van der Waals surface area (Å²) in [6.07, 6.45) is 2.82. The molecule has 1 heterocycles. The standard InChI is InChI=1S/C15H19N3O4.ClH/c1-19-10-6-5-9(11(20-2)12(10)21-3)13-17-14(18-22-13)15(16)7-4-8-15;/h5-6H,4,7-8,16H2,1-3H3;1H. The highest BCUT2D eigenvalue weighted by Gasteiger charge is 2.39. The van der Waals surface area contributed by atoms with E-state index in [4.69, 9.17) is 24.5 Å². The highest BCUT2D eigenvalue weighted by molar-refractivity contribution is 5.85. The molecule has 126 valence electrons. The molecule has 0 amide bonds. The fourth-order valence-corrected chi connectivity index (χ4v) is 2.59. The topological polar surface area (TPSA) is 92.6 Å². The van der Waals surface area contributed by atoms with Crippen LogP contribution in [0.15, 0.2) is 16.7 Å². The van der Waals surface area contributed by atoms with E-state index in [9.17, 15) is 0 Å². The van der Waals surface area contributed by atoms with Gasteiger partial charge in [-0.3, -0.25) is 0 Å². The summed E-state index contributed by atoms with van der Waals surface area (Å²) >= 11 is 0. The molecule has 0 unspecified atom stereocenters. The van der Waals surface area contributed by atoms with Gasteiger partial charge in [-0.2, -0.15) is 4.98 Å². The molecule has 1 fully saturated rings. The number of halogens is 1. The summed E-state index contributed by atoms with van der Waals surface area (Å²) < 4.78 is 21.4. The third-order valence-corrected chi connectivity index (χ3v) is 4.05. The molecule has 8 heteroatoms. The Hall–Kier alpha value is -1.99. The number of hydrogen-bond donors (Lipinski definition) is 1. The molecule has 0 bridgehead atoms. The maximum atomic E-state index is 6.23. The van der Waals surface area contributed by atoms with E-state index >= 15 is 0 Å². The molecule has 1 aliphatic rings. The van der Waals surface area contributed by atoms with E-state index < -0.39 is 5.54 Å². The van der Waals surface area contributed by atoms with Gasteiger partial charge in [0, 0.05) is 0 Å². The predicted octanol–water partition coefficient (Wildman–Crippen LogP) is 2.52. The van der Waals surface area contributed by atoms with E-state index in [2.05, 4.69) is 10.1 Å². The minimum atomic E-state index is -0.467. The number of methoxy groups -OCH3 is 3. The van der Waals surface area contributed by atoms with Crippen molar-refractivity contribution in [3.05, 3.63) is 18.0 Å². The Morgan fingerprint density at radius 3 is 2.30 bits per heavy atom. The van der Waals surface area contributed by atoms with Crippen LogP contribution in [0.25, 0.3) is 11.5 Å². The van der Waals surface area contributed by atoms with Crippen molar-refractivity contribution >= 4 is 12.4 Å². The molecule has 23 heavy (non-hydrogen) atoms. The molecule has 0 aliphatic heterocycles. The first-order chi connectivity index (χ1) is 10.6. The molecule has 0 radical (unpaired) electrons. The van der Waals surface area contributed by atoms with Crippen LogP contribution >= 0.6 is 12.4 Å². The first-order valence-corrected chi connectivity index (χ1v) is 7.05. The minimum absolute atomic E-state index is 0. The molecular formula is C15H20ClN3O4. The van der Waals surface area contributed by atoms with Crippen molar-refractivity contribution in [1.82, 2.24) is 10.1 Å². The zero-order valence-electron chi connectivity index (χ0n) is 13.3. The summed E-state index contributed by atoms with van der Waals surface area (Å²) in [7, 11) is 4.66. The second-order valence-electron chi connectivity index (χ2n) is 5.31. The second-order valence-corrected chi connectivity index (χ2v) is 5.31. The van der Waals surface area contributed by atoms with Gasteiger partial charge in [0.05, 0.1) is 32.4 Å². The largest absolute Gasteiger partial charge is 0.493 e. The summed E-state index contributed by atoms with van der Waals surface area (Å²) in [4.78, 5) is 4.43. The van der Waals surface area contributed by atoms with Gasteiger partial charge >= 0.3 is 0 Å². The zero-order chi connectivity index (χ0) is 15.7. The molecule has 2 N–H and O–H groups in total. The third kappa shape index (κ3) is 2.82. The summed E-state index contributed by atoms with van der Waals surface area (Å²) in [6.45, 7) is 0. The lowest BCUT2D eigenvalue weighted by Crippen LogP contribution is -2.44. The summed E-state index contributed by atoms with van der Waals surface area (Å²) in [5, 5.41) is 4.02. The van der Waals surface area contributed by atoms with E-state index in [1.54, 1.807) is 33.5 Å². The molecule has 0 saturated heterocycles. The van der Waals surface area contributed by atoms with Crippen LogP contribution in [0.2, 0.25) is 0 Å². The number of rotatable bonds is 5. The third-order valence-electron chi connectivity index (χ3n) is 4.05. The van der Waals surface area contributed by atoms with Crippen molar-refractivity contribution < 1.29 is 18.7 Å². The van der Waals surface area contributed by atoms with Gasteiger partial charge in [0.15, 0.2) is 17.3 Å². The van der Waals surface area contributed by atoms with E-state index in [0.29, 0.717) is 34.5 Å². The Bertz CT molecular complexity index is 685. The summed E-state index contributed by atoms with van der Waals surface area (Å²) in [6, 6.07) is 3.56. The maximum absolute atomic E-state index is 6.23. The van der Waals surface area contributed by atoms with Crippen molar-refractivity contribution in [2.24, 2.45) is 5.73 Å². The van der Waals surface area contributed by atoms with Gasteiger partial charge in [0.2, 0.25) is 5.75 Å². The molecule has 1 aromatic carbocycles. The highest BCUT2D eigenvalue weighted by Crippen LogP contribution is 2.44. The first kappa shape index (κ1) is 17.4. The van der Waals surface area contributed by atoms with Crippen LogP contribution in [0.1, 0.15) is 25.1 Å². The van der Waals surface area contributed by atoms with Gasteiger partial charge < -0.3 is 24.5 Å². The second kappa shape index (κ2) is 6.64. The monoisotopic (exact) mass is 341 g/mol. The van der Waals surface area contributed by atoms with Crippen LogP contribution in [-0.2, 0) is 5.54 Å². The molecule has 7 nitrogen and oxygen atoms in total. The average Bonchev–Trinajstić information content (AvgIpc) is 3.00. The number of nitrogens with zero attached hydrogens (tertiary/aromatic N) is 2. The Kier molecular flexibility index (Phi) is 5.01. The van der Waals surface area contributed by atoms with E-state index in [1.807, 2.05) is 0 Å². The minimum Gasteiger partial charge on any atom is -0.493 e. The van der Waals surface area contributed by atoms with E-state index in [0.717, 1.165) is 19.3 Å². The first-order valence-electron chi connectivity index (χ1n) is 7.05. The quantitative estimate of drug-likeness (QED) is 0.893. The number of ether oxygens (including phenoxy) is 3. The highest BCUT2D eigenvalue weighted by atomic mass is 35.5. The van der Waals surface area contributed by atoms with Gasteiger partial charge in [-0.05, 0) is 31.4 Å². The summed E-state index contributed by atoms with van der Waals surface area (Å²) in [5.74, 6) is 2.41. The lowest BCUT2D eigenvalue weighted by molar-refractivity contribution is 0.229. The molecule has 0 atom stereocenters. The van der Waals surface area contributed by atoms with Gasteiger partial charge in [0.1, 0.15) is 0 Å². The maximum Gasteiger partial charge on any atom is 0.261 e. The fourth-order valence-electron chi connectivity index (χ4n) is 2.59. The Balaban J connectivity index is 0.00000192. The van der Waals surface area contributed by atoms with Crippen molar-refractivity contribution in [2.45, 2.75) is 24.8 Å². The van der Waals surface area contributed by atoms with Gasteiger partial charge in [0.25, 0.3) is 5.89 Å². The number of nitrogens with two attached hydrogens (primary N) is 1. The van der Waals surface area contributed by atoms with Gasteiger partial charge in [-0.25, -0.2) is 0 Å². The number of aromatic nitrogens is 2. The Labute approximate surface area is 140 Å². The van der Waals surface area contributed by atoms with Crippen molar-refractivity contribution in [3.63, 3.8) is 0 Å². The smallest absolute Gasteiger partial charge is 0.261 e. The number of benzene rings is 1. The predicted molar refractivity (Wildman–Crippen MR) is 86.4 cm³/mol. The molecule has 0 spiro atoms. The Morgan fingerprint density at radius 2 is 1.78 bits per heavy atom. The van der Waals surface area contributed by atoms with Crippen LogP contribution in [0.3, 0.4) is 0 Å². The van der Waals surface area contributed by atoms with Gasteiger partial charge in [-0.1, -0.05) is 5.16 Å². The summed E-state index contributed by atoms with van der Waals surface area (Å²) in [5.41, 5.74) is 6.40.